The van der Waals surface area contributed by atoms with Gasteiger partial charge < -0.3 is 9.73 Å². The molecule has 0 aliphatic rings. The zero-order valence-electron chi connectivity index (χ0n) is 14.8. The third kappa shape index (κ3) is 3.91. The molecule has 0 aliphatic heterocycles. The maximum atomic E-state index is 12.5. The summed E-state index contributed by atoms with van der Waals surface area (Å²) in [7, 11) is 1.84. The van der Waals surface area contributed by atoms with Crippen LogP contribution in [0.4, 0.5) is 5.69 Å². The molecule has 0 unspecified atom stereocenters. The number of hydrogen-bond acceptors (Lipinski definition) is 6. The second-order valence-corrected chi connectivity index (χ2v) is 7.53. The summed E-state index contributed by atoms with van der Waals surface area (Å²) in [4.78, 5) is 12.5. The van der Waals surface area contributed by atoms with Gasteiger partial charge in [0.1, 0.15) is 0 Å². The molecule has 136 valence electrons. The van der Waals surface area contributed by atoms with Crippen molar-refractivity contribution in [3.8, 4) is 11.5 Å². The quantitative estimate of drug-likeness (QED) is 0.664. The molecule has 7 nitrogen and oxygen atoms in total. The minimum absolute atomic E-state index is 0.152. The number of thioether (sulfide) groups is 1. The van der Waals surface area contributed by atoms with Crippen LogP contribution in [0.15, 0.2) is 33.9 Å². The van der Waals surface area contributed by atoms with E-state index in [0.29, 0.717) is 16.1 Å². The molecule has 2 heterocycles. The Hall–Kier alpha value is -2.32. The Labute approximate surface area is 160 Å². The normalized spacial score (nSPS) is 12.2. The van der Waals surface area contributed by atoms with Crippen molar-refractivity contribution in [2.75, 3.05) is 5.32 Å². The second-order valence-electron chi connectivity index (χ2n) is 5.80. The van der Waals surface area contributed by atoms with Crippen molar-refractivity contribution in [3.05, 3.63) is 40.7 Å². The van der Waals surface area contributed by atoms with Crippen molar-refractivity contribution in [2.24, 2.45) is 7.05 Å². The van der Waals surface area contributed by atoms with Gasteiger partial charge in [-0.2, -0.15) is 5.10 Å². The van der Waals surface area contributed by atoms with Gasteiger partial charge in [0.2, 0.25) is 11.8 Å². The van der Waals surface area contributed by atoms with Crippen LogP contribution >= 0.6 is 23.4 Å². The van der Waals surface area contributed by atoms with Gasteiger partial charge in [-0.25, -0.2) is 0 Å². The van der Waals surface area contributed by atoms with Gasteiger partial charge in [0, 0.05) is 17.6 Å². The fourth-order valence-electron chi connectivity index (χ4n) is 2.35. The number of halogens is 1. The highest BCUT2D eigenvalue weighted by molar-refractivity contribution is 8.00. The Morgan fingerprint density at radius 2 is 1.96 bits per heavy atom. The van der Waals surface area contributed by atoms with E-state index in [1.54, 1.807) is 35.9 Å². The van der Waals surface area contributed by atoms with Crippen LogP contribution in [0.5, 0.6) is 0 Å². The number of carbonyl (C=O) groups excluding carboxylic acids is 1. The summed E-state index contributed by atoms with van der Waals surface area (Å²) >= 11 is 7.08. The van der Waals surface area contributed by atoms with Crippen LogP contribution in [0.25, 0.3) is 11.5 Å². The zero-order valence-corrected chi connectivity index (χ0v) is 16.4. The third-order valence-electron chi connectivity index (χ3n) is 3.90. The van der Waals surface area contributed by atoms with Crippen molar-refractivity contribution in [2.45, 2.75) is 31.2 Å². The van der Waals surface area contributed by atoms with Gasteiger partial charge >= 0.3 is 0 Å². The standard InChI is InChI=1S/C17H18ClN5O2S/c1-9-14(10(2)23(4)22-9)19-15(24)11(3)26-17-21-20-16(25-17)12-5-7-13(18)8-6-12/h5-8,11H,1-4H3,(H,19,24)/t11-/m0/s1. The minimum Gasteiger partial charge on any atom is -0.411 e. The van der Waals surface area contributed by atoms with Crippen LogP contribution in [0.2, 0.25) is 5.02 Å². The monoisotopic (exact) mass is 391 g/mol. The lowest BCUT2D eigenvalue weighted by molar-refractivity contribution is -0.115. The van der Waals surface area contributed by atoms with Gasteiger partial charge in [-0.3, -0.25) is 9.48 Å². The summed E-state index contributed by atoms with van der Waals surface area (Å²) < 4.78 is 7.37. The predicted octanol–water partition coefficient (Wildman–Crippen LogP) is 3.86. The molecule has 3 aromatic rings. The number of benzene rings is 1. The van der Waals surface area contributed by atoms with Crippen LogP contribution < -0.4 is 5.32 Å². The molecule has 0 saturated heterocycles. The van der Waals surface area contributed by atoms with Crippen LogP contribution in [0.1, 0.15) is 18.3 Å². The fraction of sp³-hybridized carbons (Fsp3) is 0.294. The molecule has 26 heavy (non-hydrogen) atoms. The van der Waals surface area contributed by atoms with E-state index in [-0.39, 0.29) is 5.91 Å². The molecule has 9 heteroatoms. The Kier molecular flexibility index (Phi) is 5.33. The second kappa shape index (κ2) is 7.51. The molecule has 0 radical (unpaired) electrons. The van der Waals surface area contributed by atoms with Gasteiger partial charge in [0.05, 0.1) is 22.3 Å². The maximum Gasteiger partial charge on any atom is 0.277 e. The summed E-state index contributed by atoms with van der Waals surface area (Å²) in [5.41, 5.74) is 3.18. The van der Waals surface area contributed by atoms with Crippen LogP contribution in [-0.2, 0) is 11.8 Å². The lowest BCUT2D eigenvalue weighted by Crippen LogP contribution is -2.23. The molecular weight excluding hydrogens is 374 g/mol. The van der Waals surface area contributed by atoms with Crippen molar-refractivity contribution in [1.29, 1.82) is 0 Å². The lowest BCUT2D eigenvalue weighted by Gasteiger charge is -2.10. The number of anilines is 1. The van der Waals surface area contributed by atoms with Crippen molar-refractivity contribution in [3.63, 3.8) is 0 Å². The topological polar surface area (TPSA) is 85.8 Å². The minimum atomic E-state index is -0.410. The van der Waals surface area contributed by atoms with E-state index >= 15 is 0 Å². The molecule has 1 atom stereocenters. The van der Waals surface area contributed by atoms with Gasteiger partial charge in [-0.15, -0.1) is 10.2 Å². The number of hydrogen-bond donors (Lipinski definition) is 1. The number of aromatic nitrogens is 4. The smallest absolute Gasteiger partial charge is 0.277 e. The first-order valence-corrected chi connectivity index (χ1v) is 9.18. The summed E-state index contributed by atoms with van der Waals surface area (Å²) in [5.74, 6) is 0.233. The number of aryl methyl sites for hydroxylation is 2. The van der Waals surface area contributed by atoms with Gasteiger partial charge in [0.15, 0.2) is 0 Å². The summed E-state index contributed by atoms with van der Waals surface area (Å²) in [6, 6.07) is 7.11. The van der Waals surface area contributed by atoms with E-state index in [1.807, 2.05) is 20.9 Å². The van der Waals surface area contributed by atoms with Crippen LogP contribution in [0.3, 0.4) is 0 Å². The first-order chi connectivity index (χ1) is 12.3. The zero-order chi connectivity index (χ0) is 18.8. The van der Waals surface area contributed by atoms with Crippen LogP contribution in [0, 0.1) is 13.8 Å². The highest BCUT2D eigenvalue weighted by atomic mass is 35.5. The first-order valence-electron chi connectivity index (χ1n) is 7.92. The van der Waals surface area contributed by atoms with E-state index in [9.17, 15) is 4.79 Å². The van der Waals surface area contributed by atoms with E-state index < -0.39 is 5.25 Å². The van der Waals surface area contributed by atoms with Gasteiger partial charge in [-0.1, -0.05) is 23.4 Å². The molecule has 0 fully saturated rings. The van der Waals surface area contributed by atoms with Gasteiger partial charge in [-0.05, 0) is 45.0 Å². The highest BCUT2D eigenvalue weighted by Crippen LogP contribution is 2.28. The molecule has 0 aliphatic carbocycles. The van der Waals surface area contributed by atoms with E-state index in [4.69, 9.17) is 16.0 Å². The van der Waals surface area contributed by atoms with E-state index in [0.717, 1.165) is 22.6 Å². The molecular formula is C17H18ClN5O2S. The highest BCUT2D eigenvalue weighted by Gasteiger charge is 2.21. The summed E-state index contributed by atoms with van der Waals surface area (Å²) in [6.45, 7) is 5.55. The molecule has 1 amide bonds. The number of nitrogens with zero attached hydrogens (tertiary/aromatic N) is 4. The summed E-state index contributed by atoms with van der Waals surface area (Å²) in [6.07, 6.45) is 0. The number of carbonyl (C=O) groups is 1. The van der Waals surface area contributed by atoms with Crippen molar-refractivity contribution < 1.29 is 9.21 Å². The summed E-state index contributed by atoms with van der Waals surface area (Å²) in [5, 5.41) is 15.8. The number of rotatable bonds is 5. The molecule has 3 rings (SSSR count). The van der Waals surface area contributed by atoms with Gasteiger partial charge in [0.25, 0.3) is 5.22 Å². The van der Waals surface area contributed by atoms with E-state index in [2.05, 4.69) is 20.6 Å². The molecule has 0 spiro atoms. The number of amides is 1. The van der Waals surface area contributed by atoms with Crippen LogP contribution in [-0.4, -0.2) is 31.1 Å². The first kappa shape index (κ1) is 18.5. The Bertz CT molecular complexity index is 935. The Morgan fingerprint density at radius 1 is 1.27 bits per heavy atom. The fourth-order valence-corrected chi connectivity index (χ4v) is 3.16. The molecule has 0 bridgehead atoms. The molecule has 1 N–H and O–H groups in total. The lowest BCUT2D eigenvalue weighted by atomic mass is 10.2. The maximum absolute atomic E-state index is 12.5. The van der Waals surface area contributed by atoms with Crippen molar-refractivity contribution in [1.82, 2.24) is 20.0 Å². The molecule has 2 aromatic heterocycles. The Balaban J connectivity index is 1.67. The van der Waals surface area contributed by atoms with E-state index in [1.165, 1.54) is 11.8 Å². The number of nitrogens with one attached hydrogen (secondary N) is 1. The SMILES string of the molecule is Cc1nn(C)c(C)c1NC(=O)[C@H](C)Sc1nnc(-c2ccc(Cl)cc2)o1. The average molecular weight is 392 g/mol. The largest absolute Gasteiger partial charge is 0.411 e. The molecule has 0 saturated carbocycles. The Morgan fingerprint density at radius 3 is 2.58 bits per heavy atom. The molecule has 1 aromatic carbocycles. The predicted molar refractivity (Wildman–Crippen MR) is 101 cm³/mol. The van der Waals surface area contributed by atoms with Crippen molar-refractivity contribution >= 4 is 35.0 Å². The average Bonchev–Trinajstić information content (AvgIpc) is 3.15. The third-order valence-corrected chi connectivity index (χ3v) is 5.09.